The summed E-state index contributed by atoms with van der Waals surface area (Å²) < 4.78 is 6.66. The van der Waals surface area contributed by atoms with E-state index in [0.717, 1.165) is 15.4 Å². The van der Waals surface area contributed by atoms with Gasteiger partial charge in [-0.15, -0.1) is 11.3 Å². The predicted octanol–water partition coefficient (Wildman–Crippen LogP) is 3.53. The molecular formula is C24H22N4O4S. The monoisotopic (exact) mass is 462 g/mol. The molecule has 3 aromatic rings. The average Bonchev–Trinajstić information content (AvgIpc) is 3.32. The van der Waals surface area contributed by atoms with Gasteiger partial charge in [-0.2, -0.15) is 10.4 Å². The van der Waals surface area contributed by atoms with Gasteiger partial charge in [0.1, 0.15) is 24.8 Å². The molecule has 0 aromatic carbocycles. The summed E-state index contributed by atoms with van der Waals surface area (Å²) in [6.07, 6.45) is 6.52. The number of carbonyl (C=O) groups excluding carboxylic acids is 1. The Balaban J connectivity index is 1.86. The van der Waals surface area contributed by atoms with Gasteiger partial charge in [0.15, 0.2) is 5.35 Å². The number of carbonyl (C=O) groups is 1. The van der Waals surface area contributed by atoms with Gasteiger partial charge in [-0.1, -0.05) is 5.70 Å². The average molecular weight is 463 g/mol. The first-order valence-electron chi connectivity index (χ1n) is 9.97. The van der Waals surface area contributed by atoms with Crippen LogP contribution in [0.5, 0.6) is 0 Å². The first kappa shape index (κ1) is 22.4. The number of thiophene rings is 1. The van der Waals surface area contributed by atoms with Crippen LogP contribution in [0.1, 0.15) is 5.56 Å². The van der Waals surface area contributed by atoms with Crippen LogP contribution < -0.4 is 14.5 Å². The lowest BCUT2D eigenvalue weighted by Crippen LogP contribution is -2.39. The standard InChI is InChI=1S/C24H22N4O4S/c1-27(2)24-5-4-23(33-24)17-6-8-25-19(12-17)21-10-16(14-32-30)11-22(28(21)3)20-13-18(31-15-29)7-9-26-20/h4-13,15H,3,14H2,1-2H3,(H-,25,26,30). The molecule has 1 aliphatic heterocycles. The maximum Gasteiger partial charge on any atom is 0.298 e. The summed E-state index contributed by atoms with van der Waals surface area (Å²) in [5.41, 5.74) is 3.67. The van der Waals surface area contributed by atoms with Gasteiger partial charge in [-0.3, -0.25) is 10.1 Å². The summed E-state index contributed by atoms with van der Waals surface area (Å²) in [5.74, 6) is 0.356. The quantitative estimate of drug-likeness (QED) is 0.250. The Hall–Kier alpha value is -3.79. The number of hydrogen-bond donors (Lipinski definition) is 1. The second kappa shape index (κ2) is 9.78. The lowest BCUT2D eigenvalue weighted by atomic mass is 10.1. The third-order valence-corrected chi connectivity index (χ3v) is 6.28. The zero-order chi connectivity index (χ0) is 23.4. The molecule has 8 nitrogen and oxygen atoms in total. The number of allylic oxidation sites excluding steroid dienone is 1. The molecule has 33 heavy (non-hydrogen) atoms. The van der Waals surface area contributed by atoms with Crippen molar-refractivity contribution in [3.05, 3.63) is 89.7 Å². The van der Waals surface area contributed by atoms with Crippen molar-refractivity contribution in [3.63, 3.8) is 0 Å². The van der Waals surface area contributed by atoms with Crippen LogP contribution in [0.25, 0.3) is 32.8 Å². The van der Waals surface area contributed by atoms with E-state index in [0.29, 0.717) is 40.2 Å². The third-order valence-electron chi connectivity index (χ3n) is 4.97. The van der Waals surface area contributed by atoms with Crippen molar-refractivity contribution in [1.29, 1.82) is 0 Å². The van der Waals surface area contributed by atoms with Crippen LogP contribution in [0.15, 0.2) is 66.7 Å². The number of hydrogen-bond acceptors (Lipinski definition) is 7. The number of anilines is 1. The van der Waals surface area contributed by atoms with Crippen LogP contribution >= 0.6 is 11.3 Å². The zero-order valence-corrected chi connectivity index (χ0v) is 19.0. The first-order valence-corrected chi connectivity index (χ1v) is 10.8. The minimum Gasteiger partial charge on any atom is -0.659 e. The van der Waals surface area contributed by atoms with Crippen molar-refractivity contribution < 1.29 is 23.9 Å². The molecule has 3 aromatic heterocycles. The summed E-state index contributed by atoms with van der Waals surface area (Å²) in [6, 6.07) is 11.8. The topological polar surface area (TPSA) is 91.9 Å². The van der Waals surface area contributed by atoms with Crippen molar-refractivity contribution in [2.24, 2.45) is 0 Å². The smallest absolute Gasteiger partial charge is 0.298 e. The van der Waals surface area contributed by atoms with E-state index in [2.05, 4.69) is 38.9 Å². The Labute approximate surface area is 194 Å². The molecule has 0 saturated carbocycles. The van der Waals surface area contributed by atoms with Gasteiger partial charge in [0, 0.05) is 37.3 Å². The van der Waals surface area contributed by atoms with Crippen molar-refractivity contribution in [3.8, 4) is 21.8 Å². The fourth-order valence-electron chi connectivity index (χ4n) is 3.39. The van der Waals surface area contributed by atoms with Crippen molar-refractivity contribution in [2.75, 3.05) is 19.0 Å². The highest BCUT2D eigenvalue weighted by Crippen LogP contribution is 2.33. The molecule has 0 amide bonds. The molecule has 0 spiro atoms. The Morgan fingerprint density at radius 2 is 2.12 bits per heavy atom. The summed E-state index contributed by atoms with van der Waals surface area (Å²) >= 11 is 1.69. The highest BCUT2D eigenvalue weighted by atomic mass is 32.1. The minimum absolute atomic E-state index is 0.0256. The number of aromatic nitrogens is 2. The van der Waals surface area contributed by atoms with E-state index in [1.807, 2.05) is 32.3 Å². The van der Waals surface area contributed by atoms with Crippen LogP contribution in [0.3, 0.4) is 0 Å². The molecule has 0 fully saturated rings. The number of nitrogens with zero attached hydrogens (tertiary/aromatic N) is 4. The largest absolute Gasteiger partial charge is 0.659 e. The second-order valence-corrected chi connectivity index (χ2v) is 8.45. The first-order chi connectivity index (χ1) is 16.0. The molecule has 4 heterocycles. The molecule has 0 atom stereocenters. The van der Waals surface area contributed by atoms with Gasteiger partial charge < -0.3 is 15.0 Å². The zero-order valence-electron chi connectivity index (χ0n) is 18.1. The van der Waals surface area contributed by atoms with Crippen LogP contribution in [-0.2, 0) is 21.0 Å². The van der Waals surface area contributed by atoms with Gasteiger partial charge >= 0.3 is 0 Å². The van der Waals surface area contributed by atoms with Gasteiger partial charge in [-0.25, -0.2) is 9.87 Å². The van der Waals surface area contributed by atoms with Crippen LogP contribution in [0.4, 0.5) is 5.00 Å². The molecule has 9 heteroatoms. The third kappa shape index (κ3) is 4.85. The van der Waals surface area contributed by atoms with E-state index < -0.39 is 0 Å². The molecule has 0 saturated heterocycles. The van der Waals surface area contributed by atoms with E-state index in [1.165, 1.54) is 0 Å². The fraction of sp³-hybridized carbons (Fsp3) is 0.125. The number of pyridine rings is 2. The summed E-state index contributed by atoms with van der Waals surface area (Å²) in [5, 5.41) is 15.2. The summed E-state index contributed by atoms with van der Waals surface area (Å²) in [4.78, 5) is 22.9. The van der Waals surface area contributed by atoms with Gasteiger partial charge in [-0.05, 0) is 47.5 Å². The molecule has 0 radical (unpaired) electrons. The molecule has 1 aliphatic rings. The number of ether oxygens (including phenoxy) is 1. The number of rotatable bonds is 7. The summed E-state index contributed by atoms with van der Waals surface area (Å²) in [7, 11) is 4.03. The maximum atomic E-state index is 10.7. The SMILES string of the molecule is C=[n+]1c(-c2cc(-c3ccc(N(C)C)s3)ccn2)cc(COO)cc1=C1C=C(OC=O)C=C[N-]1. The van der Waals surface area contributed by atoms with Crippen molar-refractivity contribution >= 4 is 28.5 Å². The Bertz CT molecular complexity index is 1360. The highest BCUT2D eigenvalue weighted by molar-refractivity contribution is 7.19. The second-order valence-electron chi connectivity index (χ2n) is 7.39. The van der Waals surface area contributed by atoms with Crippen LogP contribution in [0, 0.1) is 6.72 Å². The lowest BCUT2D eigenvalue weighted by Gasteiger charge is -2.20. The van der Waals surface area contributed by atoms with Gasteiger partial charge in [0.25, 0.3) is 6.47 Å². The van der Waals surface area contributed by atoms with Crippen molar-refractivity contribution in [2.45, 2.75) is 6.61 Å². The predicted molar refractivity (Wildman–Crippen MR) is 126 cm³/mol. The van der Waals surface area contributed by atoms with E-state index in [9.17, 15) is 4.79 Å². The Morgan fingerprint density at radius 1 is 1.27 bits per heavy atom. The van der Waals surface area contributed by atoms with Gasteiger partial charge in [0.2, 0.25) is 5.69 Å². The molecule has 4 rings (SSSR count). The summed E-state index contributed by atoms with van der Waals surface area (Å²) in [6.45, 7) is 4.53. The molecular weight excluding hydrogens is 440 g/mol. The Kier molecular flexibility index (Phi) is 6.64. The Morgan fingerprint density at radius 3 is 2.85 bits per heavy atom. The normalized spacial score (nSPS) is 14.5. The lowest BCUT2D eigenvalue weighted by molar-refractivity contribution is -0.502. The van der Waals surface area contributed by atoms with E-state index in [4.69, 9.17) is 9.99 Å². The van der Waals surface area contributed by atoms with E-state index >= 15 is 0 Å². The molecule has 0 unspecified atom stereocenters. The minimum atomic E-state index is -0.0256. The maximum absolute atomic E-state index is 10.7. The van der Waals surface area contributed by atoms with Crippen molar-refractivity contribution in [1.82, 2.24) is 4.98 Å². The molecule has 168 valence electrons. The van der Waals surface area contributed by atoms with E-state index in [1.54, 1.807) is 46.2 Å². The van der Waals surface area contributed by atoms with Crippen LogP contribution in [0.2, 0.25) is 0 Å². The van der Waals surface area contributed by atoms with Gasteiger partial charge in [0.05, 0.1) is 5.00 Å². The van der Waals surface area contributed by atoms with Crippen LogP contribution in [-0.4, -0.2) is 30.8 Å². The molecule has 0 aliphatic carbocycles. The fourth-order valence-corrected chi connectivity index (χ4v) is 4.31. The van der Waals surface area contributed by atoms with E-state index in [-0.39, 0.29) is 6.61 Å². The highest BCUT2D eigenvalue weighted by Gasteiger charge is 2.15. The molecule has 0 bridgehead atoms. The molecule has 1 N–H and O–H groups in total.